The lowest BCUT2D eigenvalue weighted by molar-refractivity contribution is 0.0848. The molecule has 1 saturated heterocycles. The molecule has 1 N–H and O–H groups in total. The van der Waals surface area contributed by atoms with E-state index in [-0.39, 0.29) is 0 Å². The summed E-state index contributed by atoms with van der Waals surface area (Å²) in [4.78, 5) is 2.75. The van der Waals surface area contributed by atoms with E-state index in [4.69, 9.17) is 0 Å². The maximum Gasteiger partial charge on any atom is 0.0247 e. The minimum atomic E-state index is 0.666. The van der Waals surface area contributed by atoms with Gasteiger partial charge in [0.25, 0.3) is 0 Å². The Morgan fingerprint density at radius 1 is 1.19 bits per heavy atom. The summed E-state index contributed by atoms with van der Waals surface area (Å²) in [5, 5.41) is 3.82. The lowest BCUT2D eigenvalue weighted by Gasteiger charge is -2.43. The molecule has 116 valence electrons. The van der Waals surface area contributed by atoms with Gasteiger partial charge in [0.1, 0.15) is 0 Å². The summed E-state index contributed by atoms with van der Waals surface area (Å²) in [6.45, 7) is 12.7. The first-order chi connectivity index (χ1) is 10.1. The van der Waals surface area contributed by atoms with Crippen LogP contribution in [0, 0.1) is 25.7 Å². The number of nitrogens with one attached hydrogen (secondary N) is 1. The van der Waals surface area contributed by atoms with Crippen LogP contribution in [-0.4, -0.2) is 30.1 Å². The van der Waals surface area contributed by atoms with E-state index in [9.17, 15) is 0 Å². The van der Waals surface area contributed by atoms with E-state index in [0.717, 1.165) is 25.0 Å². The number of piperazine rings is 1. The average Bonchev–Trinajstić information content (AvgIpc) is 3.27. The van der Waals surface area contributed by atoms with Crippen LogP contribution in [0.25, 0.3) is 0 Å². The van der Waals surface area contributed by atoms with Crippen molar-refractivity contribution >= 4 is 0 Å². The second-order valence-electron chi connectivity index (χ2n) is 7.46. The second-order valence-corrected chi connectivity index (χ2v) is 7.46. The quantitative estimate of drug-likeness (QED) is 0.911. The first-order valence-electron chi connectivity index (χ1n) is 8.58. The molecule has 2 aliphatic rings. The standard InChI is InChI=1S/C19H30N2/c1-13(2)19-10-20-18(16-8-9-16)12-21(19)11-17-14(3)6-5-7-15(17)4/h5-7,13,16,18-20H,8-12H2,1-4H3. The van der Waals surface area contributed by atoms with Crippen molar-refractivity contribution in [3.8, 4) is 0 Å². The SMILES string of the molecule is Cc1cccc(C)c1CN1CC(C2CC2)NCC1C(C)C. The summed E-state index contributed by atoms with van der Waals surface area (Å²) in [5.41, 5.74) is 4.43. The second kappa shape index (κ2) is 6.10. The molecular weight excluding hydrogens is 256 g/mol. The Kier molecular flexibility index (Phi) is 4.37. The summed E-state index contributed by atoms with van der Waals surface area (Å²) >= 11 is 0. The van der Waals surface area contributed by atoms with Gasteiger partial charge in [-0.05, 0) is 55.2 Å². The molecular formula is C19H30N2. The highest BCUT2D eigenvalue weighted by Crippen LogP contribution is 2.35. The van der Waals surface area contributed by atoms with Gasteiger partial charge in [-0.2, -0.15) is 0 Å². The van der Waals surface area contributed by atoms with Gasteiger partial charge in [-0.3, -0.25) is 4.90 Å². The Labute approximate surface area is 129 Å². The zero-order valence-corrected chi connectivity index (χ0v) is 14.0. The molecule has 1 aliphatic heterocycles. The van der Waals surface area contributed by atoms with Gasteiger partial charge < -0.3 is 5.32 Å². The van der Waals surface area contributed by atoms with Crippen molar-refractivity contribution in [2.24, 2.45) is 11.8 Å². The van der Waals surface area contributed by atoms with Crippen LogP contribution in [-0.2, 0) is 6.54 Å². The number of aryl methyl sites for hydroxylation is 2. The zero-order chi connectivity index (χ0) is 15.0. The molecule has 1 aromatic rings. The monoisotopic (exact) mass is 286 g/mol. The summed E-state index contributed by atoms with van der Waals surface area (Å²) in [7, 11) is 0. The summed E-state index contributed by atoms with van der Waals surface area (Å²) in [6.07, 6.45) is 2.86. The minimum absolute atomic E-state index is 0.666. The molecule has 1 aromatic carbocycles. The smallest absolute Gasteiger partial charge is 0.0247 e. The third-order valence-electron chi connectivity index (χ3n) is 5.46. The molecule has 1 aliphatic carbocycles. The normalized spacial score (nSPS) is 27.3. The Balaban J connectivity index is 1.78. The van der Waals surface area contributed by atoms with Crippen LogP contribution >= 0.6 is 0 Å². The van der Waals surface area contributed by atoms with Gasteiger partial charge in [0.15, 0.2) is 0 Å². The van der Waals surface area contributed by atoms with Crippen LogP contribution in [0.15, 0.2) is 18.2 Å². The Morgan fingerprint density at radius 3 is 2.43 bits per heavy atom. The summed E-state index contributed by atoms with van der Waals surface area (Å²) in [5.74, 6) is 1.65. The van der Waals surface area contributed by atoms with Crippen molar-refractivity contribution in [2.75, 3.05) is 13.1 Å². The Bertz CT molecular complexity index is 470. The molecule has 1 saturated carbocycles. The Morgan fingerprint density at radius 2 is 1.86 bits per heavy atom. The third-order valence-corrected chi connectivity index (χ3v) is 5.46. The highest BCUT2D eigenvalue weighted by molar-refractivity contribution is 5.33. The van der Waals surface area contributed by atoms with E-state index < -0.39 is 0 Å². The van der Waals surface area contributed by atoms with Crippen LogP contribution in [0.5, 0.6) is 0 Å². The fraction of sp³-hybridized carbons (Fsp3) is 0.684. The molecule has 0 spiro atoms. The molecule has 0 amide bonds. The number of hydrogen-bond acceptors (Lipinski definition) is 2. The van der Waals surface area contributed by atoms with Crippen LogP contribution < -0.4 is 5.32 Å². The molecule has 2 nitrogen and oxygen atoms in total. The minimum Gasteiger partial charge on any atom is -0.311 e. The van der Waals surface area contributed by atoms with Gasteiger partial charge in [0.2, 0.25) is 0 Å². The topological polar surface area (TPSA) is 15.3 Å². The molecule has 0 radical (unpaired) electrons. The summed E-state index contributed by atoms with van der Waals surface area (Å²) in [6, 6.07) is 8.09. The number of nitrogens with zero attached hydrogens (tertiary/aromatic N) is 1. The van der Waals surface area contributed by atoms with E-state index >= 15 is 0 Å². The Hall–Kier alpha value is -0.860. The highest BCUT2D eigenvalue weighted by Gasteiger charge is 2.38. The zero-order valence-electron chi connectivity index (χ0n) is 14.0. The van der Waals surface area contributed by atoms with Gasteiger partial charge in [-0.1, -0.05) is 32.0 Å². The van der Waals surface area contributed by atoms with Gasteiger partial charge >= 0.3 is 0 Å². The van der Waals surface area contributed by atoms with Crippen LogP contribution in [0.1, 0.15) is 43.4 Å². The van der Waals surface area contributed by atoms with Crippen molar-refractivity contribution < 1.29 is 0 Å². The van der Waals surface area contributed by atoms with E-state index in [2.05, 4.69) is 56.1 Å². The molecule has 1 heterocycles. The van der Waals surface area contributed by atoms with Gasteiger partial charge in [-0.25, -0.2) is 0 Å². The fourth-order valence-electron chi connectivity index (χ4n) is 3.81. The molecule has 0 aromatic heterocycles. The molecule has 2 unspecified atom stereocenters. The first-order valence-corrected chi connectivity index (χ1v) is 8.58. The first kappa shape index (κ1) is 15.1. The van der Waals surface area contributed by atoms with Gasteiger partial charge in [0.05, 0.1) is 0 Å². The van der Waals surface area contributed by atoms with E-state index in [1.54, 1.807) is 5.56 Å². The van der Waals surface area contributed by atoms with Crippen molar-refractivity contribution in [2.45, 2.75) is 59.2 Å². The maximum absolute atomic E-state index is 3.82. The van der Waals surface area contributed by atoms with Crippen LogP contribution in [0.3, 0.4) is 0 Å². The van der Waals surface area contributed by atoms with Crippen molar-refractivity contribution in [1.29, 1.82) is 0 Å². The molecule has 2 heteroatoms. The highest BCUT2D eigenvalue weighted by atomic mass is 15.2. The molecule has 21 heavy (non-hydrogen) atoms. The predicted octanol–water partition coefficient (Wildman–Crippen LogP) is 3.51. The largest absolute Gasteiger partial charge is 0.311 e. The molecule has 2 atom stereocenters. The molecule has 0 bridgehead atoms. The lowest BCUT2D eigenvalue weighted by atomic mass is 9.94. The number of benzene rings is 1. The molecule has 2 fully saturated rings. The van der Waals surface area contributed by atoms with E-state index in [1.807, 2.05) is 0 Å². The van der Waals surface area contributed by atoms with E-state index in [0.29, 0.717) is 12.0 Å². The van der Waals surface area contributed by atoms with E-state index in [1.165, 1.54) is 30.5 Å². The maximum atomic E-state index is 3.82. The number of rotatable bonds is 4. The third kappa shape index (κ3) is 3.32. The van der Waals surface area contributed by atoms with Crippen molar-refractivity contribution in [3.63, 3.8) is 0 Å². The van der Waals surface area contributed by atoms with Gasteiger partial charge in [-0.15, -0.1) is 0 Å². The fourth-order valence-corrected chi connectivity index (χ4v) is 3.81. The number of hydrogen-bond donors (Lipinski definition) is 1. The lowest BCUT2D eigenvalue weighted by Crippen LogP contribution is -2.58. The predicted molar refractivity (Wildman–Crippen MR) is 89.5 cm³/mol. The molecule has 3 rings (SSSR count). The van der Waals surface area contributed by atoms with Gasteiger partial charge in [0, 0.05) is 31.7 Å². The average molecular weight is 286 g/mol. The van der Waals surface area contributed by atoms with Crippen molar-refractivity contribution in [1.82, 2.24) is 10.2 Å². The van der Waals surface area contributed by atoms with Crippen LogP contribution in [0.2, 0.25) is 0 Å². The van der Waals surface area contributed by atoms with Crippen molar-refractivity contribution in [3.05, 3.63) is 34.9 Å². The van der Waals surface area contributed by atoms with Crippen LogP contribution in [0.4, 0.5) is 0 Å². The summed E-state index contributed by atoms with van der Waals surface area (Å²) < 4.78 is 0.